The van der Waals surface area contributed by atoms with Gasteiger partial charge in [0.25, 0.3) is 0 Å². The van der Waals surface area contributed by atoms with Gasteiger partial charge in [0.1, 0.15) is 0 Å². The number of nitrogens with zero attached hydrogens (tertiary/aromatic N) is 4. The number of sulfonamides is 1. The van der Waals surface area contributed by atoms with Crippen molar-refractivity contribution < 1.29 is 8.42 Å². The predicted octanol–water partition coefficient (Wildman–Crippen LogP) is 3.29. The third-order valence-electron chi connectivity index (χ3n) is 5.20. The van der Waals surface area contributed by atoms with E-state index in [0.29, 0.717) is 28.4 Å². The van der Waals surface area contributed by atoms with Crippen molar-refractivity contribution in [2.45, 2.75) is 36.6 Å². The van der Waals surface area contributed by atoms with E-state index in [1.807, 2.05) is 0 Å². The van der Waals surface area contributed by atoms with Crippen LogP contribution < -0.4 is 4.87 Å². The first-order valence-electron chi connectivity index (χ1n) is 9.09. The average Bonchev–Trinajstić information content (AvgIpc) is 3.00. The fourth-order valence-corrected chi connectivity index (χ4v) is 6.74. The Morgan fingerprint density at radius 1 is 1.21 bits per heavy atom. The Kier molecular flexibility index (Phi) is 5.11. The van der Waals surface area contributed by atoms with Crippen LogP contribution in [0.15, 0.2) is 34.1 Å². The number of rotatable bonds is 3. The smallest absolute Gasteiger partial charge is 0.302 e. The molecule has 2 aromatic heterocycles. The zero-order valence-corrected chi connectivity index (χ0v) is 18.0. The number of aryl methyl sites for hydroxylation is 2. The lowest BCUT2D eigenvalue weighted by molar-refractivity contribution is 0.322. The Morgan fingerprint density at radius 2 is 2.00 bits per heavy atom. The first-order chi connectivity index (χ1) is 13.3. The van der Waals surface area contributed by atoms with Crippen LogP contribution in [0.2, 0.25) is 5.02 Å². The van der Waals surface area contributed by atoms with Crippen molar-refractivity contribution in [1.29, 1.82) is 0 Å². The number of halogens is 1. The third-order valence-corrected chi connectivity index (χ3v) is 8.39. The van der Waals surface area contributed by atoms with Crippen molar-refractivity contribution >= 4 is 43.2 Å². The molecule has 4 rings (SSSR count). The molecule has 1 aromatic carbocycles. The molecule has 0 bridgehead atoms. The highest BCUT2D eigenvalue weighted by Crippen LogP contribution is 2.37. The van der Waals surface area contributed by atoms with Gasteiger partial charge in [-0.05, 0) is 31.0 Å². The maximum absolute atomic E-state index is 13.5. The Labute approximate surface area is 172 Å². The number of thiazole rings is 1. The van der Waals surface area contributed by atoms with Gasteiger partial charge in [0.2, 0.25) is 10.0 Å². The van der Waals surface area contributed by atoms with Crippen LogP contribution in [-0.2, 0) is 24.1 Å². The zero-order valence-electron chi connectivity index (χ0n) is 15.6. The molecule has 0 aliphatic carbocycles. The van der Waals surface area contributed by atoms with E-state index in [0.717, 1.165) is 36.1 Å². The summed E-state index contributed by atoms with van der Waals surface area (Å²) in [5.74, 6) is 0. The molecule has 0 radical (unpaired) electrons. The van der Waals surface area contributed by atoms with Gasteiger partial charge in [0.15, 0.2) is 0 Å². The van der Waals surface area contributed by atoms with Gasteiger partial charge >= 0.3 is 4.87 Å². The maximum Gasteiger partial charge on any atom is 0.307 e. The number of fused-ring (bicyclic) bond motifs is 1. The molecule has 1 atom stereocenters. The van der Waals surface area contributed by atoms with E-state index < -0.39 is 16.1 Å². The highest BCUT2D eigenvalue weighted by Gasteiger charge is 2.36. The third kappa shape index (κ3) is 3.30. The molecule has 0 unspecified atom stereocenters. The van der Waals surface area contributed by atoms with Crippen LogP contribution in [0.25, 0.3) is 10.2 Å². The summed E-state index contributed by atoms with van der Waals surface area (Å²) in [5.41, 5.74) is 1.33. The summed E-state index contributed by atoms with van der Waals surface area (Å²) in [6.07, 6.45) is 5.05. The minimum atomic E-state index is -3.76. The molecular weight excluding hydrogens is 420 g/mol. The number of hydrogen-bond donors (Lipinski definition) is 0. The van der Waals surface area contributed by atoms with Gasteiger partial charge in [-0.25, -0.2) is 8.42 Å². The molecule has 1 saturated heterocycles. The van der Waals surface area contributed by atoms with Gasteiger partial charge in [-0.1, -0.05) is 35.8 Å². The van der Waals surface area contributed by atoms with Crippen LogP contribution in [0.1, 0.15) is 37.4 Å². The second-order valence-electron chi connectivity index (χ2n) is 7.07. The summed E-state index contributed by atoms with van der Waals surface area (Å²) in [7, 11) is -0.307. The van der Waals surface area contributed by atoms with Gasteiger partial charge in [0, 0.05) is 26.8 Å². The Morgan fingerprint density at radius 3 is 2.71 bits per heavy atom. The number of hydrogen-bond acceptors (Lipinski definition) is 5. The van der Waals surface area contributed by atoms with Crippen LogP contribution in [0.3, 0.4) is 0 Å². The molecule has 3 aromatic rings. The lowest BCUT2D eigenvalue weighted by Gasteiger charge is -2.28. The molecule has 0 saturated carbocycles. The Hall–Kier alpha value is -1.68. The molecule has 7 nitrogen and oxygen atoms in total. The predicted molar refractivity (Wildman–Crippen MR) is 110 cm³/mol. The van der Waals surface area contributed by atoms with Gasteiger partial charge in [0.05, 0.1) is 31.9 Å². The second-order valence-corrected chi connectivity index (χ2v) is 10.4. The van der Waals surface area contributed by atoms with Crippen LogP contribution in [0.5, 0.6) is 0 Å². The summed E-state index contributed by atoms with van der Waals surface area (Å²) in [6.45, 7) is 0.420. The lowest BCUT2D eigenvalue weighted by atomic mass is 10.1. The van der Waals surface area contributed by atoms with E-state index >= 15 is 0 Å². The average molecular weight is 441 g/mol. The largest absolute Gasteiger partial charge is 0.307 e. The summed E-state index contributed by atoms with van der Waals surface area (Å²) >= 11 is 7.40. The van der Waals surface area contributed by atoms with E-state index in [1.54, 1.807) is 43.2 Å². The van der Waals surface area contributed by atoms with Crippen molar-refractivity contribution in [1.82, 2.24) is 18.7 Å². The van der Waals surface area contributed by atoms with Crippen molar-refractivity contribution in [3.8, 4) is 0 Å². The van der Waals surface area contributed by atoms with Crippen molar-refractivity contribution in [2.24, 2.45) is 14.1 Å². The van der Waals surface area contributed by atoms with Crippen molar-refractivity contribution in [3.63, 3.8) is 0 Å². The van der Waals surface area contributed by atoms with Gasteiger partial charge in [-0.3, -0.25) is 9.48 Å². The van der Waals surface area contributed by atoms with E-state index in [-0.39, 0.29) is 9.77 Å². The first-order valence-corrected chi connectivity index (χ1v) is 11.7. The Bertz CT molecular complexity index is 1200. The highest BCUT2D eigenvalue weighted by molar-refractivity contribution is 7.89. The lowest BCUT2D eigenvalue weighted by Crippen LogP contribution is -2.35. The fraction of sp³-hybridized carbons (Fsp3) is 0.444. The van der Waals surface area contributed by atoms with Crippen LogP contribution >= 0.6 is 22.9 Å². The minimum Gasteiger partial charge on any atom is -0.302 e. The van der Waals surface area contributed by atoms with E-state index in [4.69, 9.17) is 11.6 Å². The molecule has 1 aliphatic rings. The molecule has 3 heterocycles. The zero-order chi connectivity index (χ0) is 20.1. The van der Waals surface area contributed by atoms with E-state index in [2.05, 4.69) is 5.10 Å². The van der Waals surface area contributed by atoms with Gasteiger partial charge in [-0.2, -0.15) is 9.40 Å². The SMILES string of the molecule is Cn1cc(Cl)c([C@@H]2CCCCCN2S(=O)(=O)c2ccc3c(c2)sc(=O)n3C)n1. The van der Waals surface area contributed by atoms with E-state index in [1.165, 1.54) is 8.87 Å². The van der Waals surface area contributed by atoms with Crippen molar-refractivity contribution in [3.05, 3.63) is 44.8 Å². The molecule has 28 heavy (non-hydrogen) atoms. The van der Waals surface area contributed by atoms with Crippen LogP contribution in [0.4, 0.5) is 0 Å². The van der Waals surface area contributed by atoms with Crippen molar-refractivity contribution in [2.75, 3.05) is 6.54 Å². The molecule has 0 amide bonds. The maximum atomic E-state index is 13.5. The minimum absolute atomic E-state index is 0.113. The summed E-state index contributed by atoms with van der Waals surface area (Å²) in [5, 5.41) is 4.91. The standard InChI is InChI=1S/C18H21ClN4O3S2/c1-21-11-13(19)17(20-21)15-6-4-3-5-9-23(15)28(25,26)12-7-8-14-16(10-12)27-18(24)22(14)2/h7-8,10-11,15H,3-6,9H2,1-2H3/t15-/m0/s1. The highest BCUT2D eigenvalue weighted by atomic mass is 35.5. The summed E-state index contributed by atoms with van der Waals surface area (Å²) < 4.78 is 32.4. The molecule has 1 fully saturated rings. The molecule has 0 spiro atoms. The summed E-state index contributed by atoms with van der Waals surface area (Å²) in [4.78, 5) is 12.0. The topological polar surface area (TPSA) is 77.2 Å². The second kappa shape index (κ2) is 7.29. The molecule has 0 N–H and O–H groups in total. The normalized spacial score (nSPS) is 19.2. The molecule has 150 valence electrons. The van der Waals surface area contributed by atoms with E-state index in [9.17, 15) is 13.2 Å². The fourth-order valence-electron chi connectivity index (χ4n) is 3.76. The van der Waals surface area contributed by atoms with Crippen LogP contribution in [-0.4, -0.2) is 33.6 Å². The monoisotopic (exact) mass is 440 g/mol. The molecule has 1 aliphatic heterocycles. The van der Waals surface area contributed by atoms with Crippen LogP contribution in [0, 0.1) is 0 Å². The first kappa shape index (κ1) is 19.6. The van der Waals surface area contributed by atoms with Gasteiger partial charge in [-0.15, -0.1) is 0 Å². The molecule has 10 heteroatoms. The quantitative estimate of drug-likeness (QED) is 0.626. The number of benzene rings is 1. The summed E-state index contributed by atoms with van der Waals surface area (Å²) in [6, 6.07) is 4.47. The molecular formula is C18H21ClN4O3S2. The van der Waals surface area contributed by atoms with Gasteiger partial charge < -0.3 is 4.57 Å². The number of aromatic nitrogens is 3. The Balaban J connectivity index is 1.81.